The van der Waals surface area contributed by atoms with E-state index in [1.807, 2.05) is 0 Å². The summed E-state index contributed by atoms with van der Waals surface area (Å²) >= 11 is 0. The van der Waals surface area contributed by atoms with Crippen LogP contribution in [0.3, 0.4) is 0 Å². The zero-order chi connectivity index (χ0) is 22.7. The molecule has 1 aliphatic rings. The highest BCUT2D eigenvalue weighted by atomic mass is 16.2. The molecule has 2 aromatic heterocycles. The first-order valence-corrected chi connectivity index (χ1v) is 6.98. The Kier molecular flexibility index (Phi) is 2.41. The van der Waals surface area contributed by atoms with Gasteiger partial charge in [0.05, 0.1) is 17.7 Å². The maximum absolute atomic E-state index is 12.5. The molecule has 0 unspecified atom stereocenters. The molecule has 1 amide bonds. The van der Waals surface area contributed by atoms with E-state index in [4.69, 9.17) is 16.2 Å². The molecule has 1 aliphatic heterocycles. The molecule has 0 aromatic carbocycles. The normalized spacial score (nSPS) is 38.0. The summed E-state index contributed by atoms with van der Waals surface area (Å²) < 4.78 is 60.6. The lowest BCUT2D eigenvalue weighted by molar-refractivity contribution is -0.131. The quantitative estimate of drug-likeness (QED) is 0.623. The molecule has 0 saturated carbocycles. The third-order valence-corrected chi connectivity index (χ3v) is 3.58. The average molecular weight is 320 g/mol. The minimum atomic E-state index is -3.01. The topological polar surface area (TPSA) is 72.2 Å². The van der Waals surface area contributed by atoms with Crippen LogP contribution in [0.25, 0.3) is 15.9 Å². The third kappa shape index (κ3) is 2.84. The van der Waals surface area contributed by atoms with Crippen LogP contribution in [0.15, 0.2) is 18.6 Å². The smallest absolute Gasteiger partial charge is 0.302 e. The second kappa shape index (κ2) is 6.24. The van der Waals surface area contributed by atoms with Crippen LogP contribution in [0.1, 0.15) is 22.9 Å². The van der Waals surface area contributed by atoms with E-state index in [1.54, 1.807) is 12.3 Å². The number of hydrogen-bond acceptors (Lipinski definition) is 2. The van der Waals surface area contributed by atoms with Crippen molar-refractivity contribution in [2.24, 2.45) is 5.89 Å². The molecular formula is C16H21N6O+. The summed E-state index contributed by atoms with van der Waals surface area (Å²) in [7, 11) is 1.34. The van der Waals surface area contributed by atoms with Crippen molar-refractivity contribution in [1.29, 1.82) is 0 Å². The first-order valence-electron chi connectivity index (χ1n) is 10.5. The maximum atomic E-state index is 12.5. The van der Waals surface area contributed by atoms with Crippen LogP contribution in [0.2, 0.25) is 0 Å². The van der Waals surface area contributed by atoms with Crippen molar-refractivity contribution in [3.05, 3.63) is 35.5 Å². The SMILES string of the molecule is [2H]c1nc2[nH]ccc2c(=[N+](C)[C@]2([2H])C([2H])([2H])N(C(=O)C[N+]#[C-])C([2H])([2H])C[C@@]2([2H])C)[nH]1. The van der Waals surface area contributed by atoms with Crippen LogP contribution in [-0.2, 0) is 4.79 Å². The van der Waals surface area contributed by atoms with Gasteiger partial charge in [0.1, 0.15) is 18.4 Å². The third-order valence-electron chi connectivity index (χ3n) is 3.58. The summed E-state index contributed by atoms with van der Waals surface area (Å²) in [5, 5.41) is 0.430. The molecule has 2 N–H and O–H groups in total. The number of fused-ring (bicyclic) bond motifs is 1. The molecule has 3 heterocycles. The number of hydrogen-bond donors (Lipinski definition) is 2. The number of H-pyrrole nitrogens is 2. The van der Waals surface area contributed by atoms with E-state index in [2.05, 4.69) is 19.8 Å². The molecule has 3 rings (SSSR count). The lowest BCUT2D eigenvalue weighted by Gasteiger charge is -2.35. The molecule has 0 spiro atoms. The van der Waals surface area contributed by atoms with E-state index in [1.165, 1.54) is 14.0 Å². The molecule has 0 aliphatic carbocycles. The van der Waals surface area contributed by atoms with Gasteiger partial charge < -0.3 is 14.7 Å². The standard InChI is InChI=1S/C16H20N6O/c1-11-5-7-22(14(23)8-17-2)9-13(11)21(3)16-12-4-6-18-15(12)19-10-20-16/h4,6,10-11,13H,5,7-9H2,1,3H3,(H,18,19,20)/p+1/t11-,13-/m1/s1/i7D2,9D2,10D,11D,13D. The monoisotopic (exact) mass is 320 g/mol. The van der Waals surface area contributed by atoms with Gasteiger partial charge in [-0.15, -0.1) is 0 Å². The number of carbonyl (C=O) groups is 1. The van der Waals surface area contributed by atoms with E-state index in [9.17, 15) is 4.79 Å². The number of piperidine rings is 1. The van der Waals surface area contributed by atoms with Crippen molar-refractivity contribution in [2.45, 2.75) is 19.4 Å². The Labute approximate surface area is 144 Å². The molecule has 0 bridgehead atoms. The van der Waals surface area contributed by atoms with Gasteiger partial charge in [-0.2, -0.15) is 4.98 Å². The molecule has 1 saturated heterocycles. The van der Waals surface area contributed by atoms with Crippen LogP contribution in [0.4, 0.5) is 0 Å². The average Bonchev–Trinajstić information content (AvgIpc) is 3.05. The highest BCUT2D eigenvalue weighted by Crippen LogP contribution is 2.18. The van der Waals surface area contributed by atoms with E-state index in [-0.39, 0.29) is 16.7 Å². The van der Waals surface area contributed by atoms with Crippen molar-refractivity contribution in [3.63, 3.8) is 0 Å². The predicted octanol–water partition coefficient (Wildman–Crippen LogP) is 0.449. The minimum Gasteiger partial charge on any atom is -0.346 e. The summed E-state index contributed by atoms with van der Waals surface area (Å²) in [6, 6.07) is -0.911. The van der Waals surface area contributed by atoms with Crippen LogP contribution in [0.5, 0.6) is 0 Å². The summed E-state index contributed by atoms with van der Waals surface area (Å²) in [6.45, 7) is 1.76. The number of aromatic nitrogens is 3. The van der Waals surface area contributed by atoms with Gasteiger partial charge in [-0.25, -0.2) is 11.6 Å². The molecule has 1 fully saturated rings. The number of carbonyl (C=O) groups excluding carboxylic acids is 1. The minimum absolute atomic E-state index is 0.114. The summed E-state index contributed by atoms with van der Waals surface area (Å²) in [5.74, 6) is -3.14. The molecule has 23 heavy (non-hydrogen) atoms. The van der Waals surface area contributed by atoms with E-state index >= 15 is 0 Å². The number of rotatable bonds is 2. The Morgan fingerprint density at radius 3 is 3.35 bits per heavy atom. The highest BCUT2D eigenvalue weighted by molar-refractivity contribution is 5.79. The fourth-order valence-electron chi connectivity index (χ4n) is 2.40. The van der Waals surface area contributed by atoms with Crippen LogP contribution < -0.4 is 10.1 Å². The fraction of sp³-hybridized carbons (Fsp3) is 0.500. The van der Waals surface area contributed by atoms with Crippen molar-refractivity contribution < 1.29 is 14.4 Å². The van der Waals surface area contributed by atoms with E-state index in [0.717, 1.165) is 4.58 Å². The van der Waals surface area contributed by atoms with Crippen molar-refractivity contribution in [1.82, 2.24) is 24.4 Å². The van der Waals surface area contributed by atoms with Gasteiger partial charge in [-0.3, -0.25) is 9.37 Å². The second-order valence-corrected chi connectivity index (χ2v) is 5.12. The van der Waals surface area contributed by atoms with Gasteiger partial charge in [0.2, 0.25) is 0 Å². The van der Waals surface area contributed by atoms with Crippen LogP contribution >= 0.6 is 0 Å². The molecule has 0 radical (unpaired) electrons. The Morgan fingerprint density at radius 2 is 2.57 bits per heavy atom. The molecular weight excluding hydrogens is 292 g/mol. The fourth-order valence-corrected chi connectivity index (χ4v) is 2.40. The van der Waals surface area contributed by atoms with Gasteiger partial charge in [0.15, 0.2) is 6.30 Å². The van der Waals surface area contributed by atoms with Gasteiger partial charge in [-0.1, -0.05) is 6.92 Å². The Morgan fingerprint density at radius 1 is 1.74 bits per heavy atom. The first-order chi connectivity index (χ1) is 13.7. The summed E-state index contributed by atoms with van der Waals surface area (Å²) in [5.41, 5.74) is 0.423. The number of aromatic amines is 2. The molecule has 120 valence electrons. The van der Waals surface area contributed by atoms with E-state index < -0.39 is 43.8 Å². The number of nitrogens with one attached hydrogen (secondary N) is 2. The van der Waals surface area contributed by atoms with Gasteiger partial charge in [-0.05, 0) is 18.4 Å². The van der Waals surface area contributed by atoms with Crippen molar-refractivity contribution in [3.8, 4) is 0 Å². The number of nitrogens with zero attached hydrogens (tertiary/aromatic N) is 4. The largest absolute Gasteiger partial charge is 0.346 e. The number of likely N-dealkylation sites (tertiary alicyclic amines) is 1. The van der Waals surface area contributed by atoms with Crippen molar-refractivity contribution >= 4 is 16.9 Å². The van der Waals surface area contributed by atoms with E-state index in [0.29, 0.717) is 11.0 Å². The van der Waals surface area contributed by atoms with Gasteiger partial charge >= 0.3 is 5.91 Å². The predicted molar refractivity (Wildman–Crippen MR) is 87.3 cm³/mol. The molecule has 2 aromatic rings. The molecule has 2 atom stereocenters. The zero-order valence-electron chi connectivity index (χ0n) is 19.8. The van der Waals surface area contributed by atoms with Crippen LogP contribution in [-0.4, -0.2) is 58.4 Å². The maximum Gasteiger partial charge on any atom is 0.302 e. The first kappa shape index (κ1) is 8.87. The Bertz CT molecular complexity index is 1130. The highest BCUT2D eigenvalue weighted by Gasteiger charge is 2.33. The second-order valence-electron chi connectivity index (χ2n) is 5.12. The number of likely N-dealkylation sites (N-methyl/N-ethyl adjacent to an activating group) is 1. The van der Waals surface area contributed by atoms with Crippen LogP contribution in [0, 0.1) is 12.5 Å². The van der Waals surface area contributed by atoms with Crippen molar-refractivity contribution in [2.75, 3.05) is 26.6 Å². The Hall–Kier alpha value is -2.62. The van der Waals surface area contributed by atoms with Gasteiger partial charge in [0, 0.05) is 16.8 Å². The lowest BCUT2D eigenvalue weighted by Crippen LogP contribution is -2.54. The zero-order valence-corrected chi connectivity index (χ0v) is 12.8. The summed E-state index contributed by atoms with van der Waals surface area (Å²) in [6.07, 6.45) is 0.625. The lowest BCUT2D eigenvalue weighted by atomic mass is 9.93. The Balaban J connectivity index is 2.39. The molecule has 7 heteroatoms. The molecule has 7 nitrogen and oxygen atoms in total. The number of amides is 1. The van der Waals surface area contributed by atoms with Gasteiger partial charge in [0.25, 0.3) is 12.0 Å². The summed E-state index contributed by atoms with van der Waals surface area (Å²) in [4.78, 5) is 25.2.